The average Bonchev–Trinajstić information content (AvgIpc) is 3.23. The molecule has 0 aromatic carbocycles. The van der Waals surface area contributed by atoms with Crippen LogP contribution in [0.1, 0.15) is 24.6 Å². The molecule has 0 saturated heterocycles. The molecule has 1 aliphatic carbocycles. The number of rotatable bonds is 4. The Kier molecular flexibility index (Phi) is 2.70. The first-order chi connectivity index (χ1) is 10.3. The molecular formula is C14H14N6O. The van der Waals surface area contributed by atoms with Gasteiger partial charge in [0.2, 0.25) is 0 Å². The van der Waals surface area contributed by atoms with Crippen LogP contribution >= 0.6 is 0 Å². The van der Waals surface area contributed by atoms with Crippen LogP contribution in [0.4, 0.5) is 5.82 Å². The first kappa shape index (κ1) is 12.1. The normalized spacial score (nSPS) is 14.5. The molecule has 0 bridgehead atoms. The Balaban J connectivity index is 1.61. The maximum absolute atomic E-state index is 12.3. The van der Waals surface area contributed by atoms with E-state index in [0.717, 1.165) is 24.2 Å². The molecule has 3 aromatic rings. The van der Waals surface area contributed by atoms with Crippen LogP contribution in [0, 0.1) is 0 Å². The number of hydrogen-bond donors (Lipinski definition) is 1. The lowest BCUT2D eigenvalue weighted by Crippen LogP contribution is -2.24. The molecule has 7 heteroatoms. The van der Waals surface area contributed by atoms with Gasteiger partial charge in [0, 0.05) is 30.7 Å². The molecule has 0 spiro atoms. The van der Waals surface area contributed by atoms with Gasteiger partial charge in [0.25, 0.3) is 5.56 Å². The molecule has 7 nitrogen and oxygen atoms in total. The fourth-order valence-corrected chi connectivity index (χ4v) is 2.38. The summed E-state index contributed by atoms with van der Waals surface area (Å²) in [6.45, 7) is 0.470. The van der Waals surface area contributed by atoms with Gasteiger partial charge in [-0.05, 0) is 18.9 Å². The lowest BCUT2D eigenvalue weighted by atomic mass is 10.4. The molecule has 0 amide bonds. The zero-order valence-corrected chi connectivity index (χ0v) is 11.3. The van der Waals surface area contributed by atoms with Crippen molar-refractivity contribution < 1.29 is 0 Å². The van der Waals surface area contributed by atoms with E-state index in [2.05, 4.69) is 20.4 Å². The van der Waals surface area contributed by atoms with E-state index >= 15 is 0 Å². The monoisotopic (exact) mass is 282 g/mol. The summed E-state index contributed by atoms with van der Waals surface area (Å²) in [4.78, 5) is 20.6. The van der Waals surface area contributed by atoms with Crippen LogP contribution < -0.4 is 10.9 Å². The van der Waals surface area contributed by atoms with Crippen LogP contribution in [0.2, 0.25) is 0 Å². The maximum Gasteiger partial charge on any atom is 0.293 e. The molecule has 1 saturated carbocycles. The third kappa shape index (κ3) is 2.16. The largest absolute Gasteiger partial charge is 0.360 e. The van der Waals surface area contributed by atoms with Crippen LogP contribution in [0.15, 0.2) is 41.7 Å². The molecule has 0 aliphatic heterocycles. The van der Waals surface area contributed by atoms with Crippen molar-refractivity contribution in [2.75, 3.05) is 5.32 Å². The van der Waals surface area contributed by atoms with E-state index in [4.69, 9.17) is 0 Å². The fourth-order valence-electron chi connectivity index (χ4n) is 2.38. The zero-order valence-electron chi connectivity index (χ0n) is 11.3. The SMILES string of the molecule is O=c1c(NCc2ccnc3ccnn23)nccn1C1CC1. The quantitative estimate of drug-likeness (QED) is 0.779. The van der Waals surface area contributed by atoms with Crippen molar-refractivity contribution in [3.8, 4) is 0 Å². The van der Waals surface area contributed by atoms with E-state index in [1.54, 1.807) is 33.9 Å². The summed E-state index contributed by atoms with van der Waals surface area (Å²) in [6, 6.07) is 4.06. The van der Waals surface area contributed by atoms with Gasteiger partial charge in [0.15, 0.2) is 11.5 Å². The highest BCUT2D eigenvalue weighted by Crippen LogP contribution is 2.33. The van der Waals surface area contributed by atoms with Gasteiger partial charge >= 0.3 is 0 Å². The average molecular weight is 282 g/mol. The van der Waals surface area contributed by atoms with E-state index in [1.807, 2.05) is 12.1 Å². The predicted molar refractivity (Wildman–Crippen MR) is 77.1 cm³/mol. The Bertz CT molecular complexity index is 848. The number of anilines is 1. The summed E-state index contributed by atoms with van der Waals surface area (Å²) in [7, 11) is 0. The Labute approximate surface area is 120 Å². The van der Waals surface area contributed by atoms with Crippen LogP contribution in [0.3, 0.4) is 0 Å². The number of hydrogen-bond acceptors (Lipinski definition) is 5. The van der Waals surface area contributed by atoms with Crippen molar-refractivity contribution in [2.45, 2.75) is 25.4 Å². The highest BCUT2D eigenvalue weighted by molar-refractivity contribution is 5.38. The van der Waals surface area contributed by atoms with Gasteiger partial charge < -0.3 is 9.88 Å². The van der Waals surface area contributed by atoms with Crippen LogP contribution in [-0.4, -0.2) is 24.1 Å². The summed E-state index contributed by atoms with van der Waals surface area (Å²) in [5.74, 6) is 0.376. The lowest BCUT2D eigenvalue weighted by molar-refractivity contribution is 0.699. The molecule has 106 valence electrons. The molecule has 0 unspecified atom stereocenters. The highest BCUT2D eigenvalue weighted by atomic mass is 16.1. The van der Waals surface area contributed by atoms with Crippen molar-refractivity contribution in [1.82, 2.24) is 24.1 Å². The second-order valence-corrected chi connectivity index (χ2v) is 5.11. The van der Waals surface area contributed by atoms with Gasteiger partial charge in [0.1, 0.15) is 0 Å². The van der Waals surface area contributed by atoms with E-state index in [-0.39, 0.29) is 5.56 Å². The van der Waals surface area contributed by atoms with Gasteiger partial charge in [-0.25, -0.2) is 14.5 Å². The van der Waals surface area contributed by atoms with E-state index < -0.39 is 0 Å². The summed E-state index contributed by atoms with van der Waals surface area (Å²) >= 11 is 0. The molecule has 21 heavy (non-hydrogen) atoms. The first-order valence-electron chi connectivity index (χ1n) is 6.91. The van der Waals surface area contributed by atoms with Gasteiger partial charge in [-0.2, -0.15) is 5.10 Å². The van der Waals surface area contributed by atoms with Crippen molar-refractivity contribution in [3.05, 3.63) is 53.0 Å². The minimum atomic E-state index is -0.0641. The second-order valence-electron chi connectivity index (χ2n) is 5.11. The third-order valence-electron chi connectivity index (χ3n) is 3.61. The van der Waals surface area contributed by atoms with Crippen LogP contribution in [0.25, 0.3) is 5.65 Å². The predicted octanol–water partition coefficient (Wildman–Crippen LogP) is 1.23. The second kappa shape index (κ2) is 4.69. The maximum atomic E-state index is 12.3. The molecular weight excluding hydrogens is 268 g/mol. The Hall–Kier alpha value is -2.70. The van der Waals surface area contributed by atoms with Gasteiger partial charge in [-0.1, -0.05) is 0 Å². The number of fused-ring (bicyclic) bond motifs is 1. The number of nitrogens with zero attached hydrogens (tertiary/aromatic N) is 5. The van der Waals surface area contributed by atoms with E-state index in [0.29, 0.717) is 18.4 Å². The molecule has 3 aromatic heterocycles. The molecule has 3 heterocycles. The summed E-state index contributed by atoms with van der Waals surface area (Å²) in [6.07, 6.45) is 8.99. The summed E-state index contributed by atoms with van der Waals surface area (Å²) < 4.78 is 3.50. The fraction of sp³-hybridized carbons (Fsp3) is 0.286. The van der Waals surface area contributed by atoms with E-state index in [1.165, 1.54) is 0 Å². The first-order valence-corrected chi connectivity index (χ1v) is 6.91. The van der Waals surface area contributed by atoms with Gasteiger partial charge in [-0.15, -0.1) is 0 Å². The van der Waals surface area contributed by atoms with Gasteiger partial charge in [0.05, 0.1) is 18.4 Å². The van der Waals surface area contributed by atoms with Gasteiger partial charge in [-0.3, -0.25) is 4.79 Å². The zero-order chi connectivity index (χ0) is 14.2. The van der Waals surface area contributed by atoms with Crippen molar-refractivity contribution >= 4 is 11.5 Å². The molecule has 4 rings (SSSR count). The Morgan fingerprint density at radius 3 is 2.95 bits per heavy atom. The molecule has 0 radical (unpaired) electrons. The van der Waals surface area contributed by atoms with E-state index in [9.17, 15) is 4.79 Å². The topological polar surface area (TPSA) is 77.1 Å². The Morgan fingerprint density at radius 1 is 1.19 bits per heavy atom. The third-order valence-corrected chi connectivity index (χ3v) is 3.61. The highest BCUT2D eigenvalue weighted by Gasteiger charge is 2.25. The van der Waals surface area contributed by atoms with Crippen LogP contribution in [0.5, 0.6) is 0 Å². The summed E-state index contributed by atoms with van der Waals surface area (Å²) in [5.41, 5.74) is 1.64. The molecule has 1 fully saturated rings. The van der Waals surface area contributed by atoms with Crippen LogP contribution in [-0.2, 0) is 6.54 Å². The minimum Gasteiger partial charge on any atom is -0.360 e. The standard InChI is InChI=1S/C14H14N6O/c21-14-13(16-7-8-19(14)10-1-2-10)17-9-11-3-5-15-12-4-6-18-20(11)12/h3-8,10H,1-2,9H2,(H,16,17). The smallest absolute Gasteiger partial charge is 0.293 e. The van der Waals surface area contributed by atoms with Crippen molar-refractivity contribution in [2.24, 2.45) is 0 Å². The molecule has 1 N–H and O–H groups in total. The summed E-state index contributed by atoms with van der Waals surface area (Å²) in [5, 5.41) is 7.32. The molecule has 1 aliphatic rings. The number of aromatic nitrogens is 5. The lowest BCUT2D eigenvalue weighted by Gasteiger charge is -2.09. The van der Waals surface area contributed by atoms with Crippen molar-refractivity contribution in [1.29, 1.82) is 0 Å². The molecule has 0 atom stereocenters. The van der Waals surface area contributed by atoms with Crippen molar-refractivity contribution in [3.63, 3.8) is 0 Å². The minimum absolute atomic E-state index is 0.0641. The number of nitrogens with one attached hydrogen (secondary N) is 1. The Morgan fingerprint density at radius 2 is 2.10 bits per heavy atom.